The molecular weight excluding hydrogens is 346 g/mol. The van der Waals surface area contributed by atoms with Gasteiger partial charge in [0.25, 0.3) is 0 Å². The van der Waals surface area contributed by atoms with Gasteiger partial charge in [-0.25, -0.2) is 0 Å². The first-order valence-electron chi connectivity index (χ1n) is 10.6. The summed E-state index contributed by atoms with van der Waals surface area (Å²) in [6.45, 7) is 3.93. The second kappa shape index (κ2) is 8.75. The van der Waals surface area contributed by atoms with Gasteiger partial charge in [0.05, 0.1) is 0 Å². The van der Waals surface area contributed by atoms with Crippen LogP contribution in [0.1, 0.15) is 35.6 Å². The molecule has 1 aliphatic heterocycles. The number of fused-ring (bicyclic) bond motifs is 2. The molecule has 0 radical (unpaired) electrons. The van der Waals surface area contributed by atoms with E-state index in [2.05, 4.69) is 78.0 Å². The van der Waals surface area contributed by atoms with E-state index in [1.807, 2.05) is 0 Å². The van der Waals surface area contributed by atoms with Crippen molar-refractivity contribution in [3.05, 3.63) is 70.8 Å². The molecule has 3 atom stereocenters. The molecule has 4 nitrogen and oxygen atoms in total. The van der Waals surface area contributed by atoms with Crippen LogP contribution in [0.15, 0.2) is 48.5 Å². The summed E-state index contributed by atoms with van der Waals surface area (Å²) in [6.07, 6.45) is 3.78. The lowest BCUT2D eigenvalue weighted by Gasteiger charge is -2.35. The summed E-state index contributed by atoms with van der Waals surface area (Å²) < 4.78 is 0. The van der Waals surface area contributed by atoms with Crippen LogP contribution in [-0.4, -0.2) is 42.0 Å². The van der Waals surface area contributed by atoms with E-state index in [1.54, 1.807) is 0 Å². The third-order valence-electron chi connectivity index (χ3n) is 6.43. The Morgan fingerprint density at radius 2 is 1.54 bits per heavy atom. The Morgan fingerprint density at radius 3 is 2.18 bits per heavy atom. The van der Waals surface area contributed by atoms with E-state index in [9.17, 15) is 5.11 Å². The fourth-order valence-electron chi connectivity index (χ4n) is 4.91. The summed E-state index contributed by atoms with van der Waals surface area (Å²) in [6, 6.07) is 18.1. The number of aliphatic hydroxyl groups is 1. The van der Waals surface area contributed by atoms with Gasteiger partial charge in [-0.2, -0.15) is 0 Å². The van der Waals surface area contributed by atoms with Crippen LogP contribution >= 0.6 is 0 Å². The monoisotopic (exact) mass is 379 g/mol. The van der Waals surface area contributed by atoms with Crippen molar-refractivity contribution in [3.63, 3.8) is 0 Å². The SMILES string of the molecule is CC(CC1Cc2ccccc2C1)NC(O)NCC1Cc2ccccc2CN1C. The summed E-state index contributed by atoms with van der Waals surface area (Å²) in [4.78, 5) is 2.38. The van der Waals surface area contributed by atoms with E-state index in [1.165, 1.54) is 22.3 Å². The van der Waals surface area contributed by atoms with Gasteiger partial charge < -0.3 is 5.11 Å². The lowest BCUT2D eigenvalue weighted by atomic mass is 9.94. The molecule has 0 amide bonds. The van der Waals surface area contributed by atoms with Crippen molar-refractivity contribution in [1.29, 1.82) is 0 Å². The lowest BCUT2D eigenvalue weighted by molar-refractivity contribution is 0.0743. The largest absolute Gasteiger partial charge is 0.365 e. The van der Waals surface area contributed by atoms with Crippen molar-refractivity contribution in [1.82, 2.24) is 15.5 Å². The predicted molar refractivity (Wildman–Crippen MR) is 114 cm³/mol. The highest BCUT2D eigenvalue weighted by Gasteiger charge is 2.25. The van der Waals surface area contributed by atoms with Crippen molar-refractivity contribution in [2.24, 2.45) is 5.92 Å². The van der Waals surface area contributed by atoms with E-state index in [-0.39, 0.29) is 6.04 Å². The summed E-state index contributed by atoms with van der Waals surface area (Å²) in [7, 11) is 2.17. The van der Waals surface area contributed by atoms with E-state index in [4.69, 9.17) is 0 Å². The van der Waals surface area contributed by atoms with Crippen LogP contribution in [-0.2, 0) is 25.8 Å². The zero-order valence-corrected chi connectivity index (χ0v) is 17.1. The van der Waals surface area contributed by atoms with Gasteiger partial charge in [0.1, 0.15) is 0 Å². The molecule has 2 aromatic carbocycles. The molecule has 2 aromatic rings. The first-order chi connectivity index (χ1) is 13.6. The van der Waals surface area contributed by atoms with Crippen molar-refractivity contribution >= 4 is 0 Å². The Hall–Kier alpha value is -1.72. The molecule has 0 saturated carbocycles. The summed E-state index contributed by atoms with van der Waals surface area (Å²) >= 11 is 0. The molecule has 4 heteroatoms. The molecule has 0 aromatic heterocycles. The second-order valence-electron chi connectivity index (χ2n) is 8.70. The van der Waals surface area contributed by atoms with Gasteiger partial charge in [0.2, 0.25) is 0 Å². The maximum absolute atomic E-state index is 10.4. The molecule has 150 valence electrons. The number of hydrogen-bond acceptors (Lipinski definition) is 4. The Kier molecular flexibility index (Phi) is 6.12. The zero-order valence-electron chi connectivity index (χ0n) is 17.1. The maximum Gasteiger partial charge on any atom is 0.160 e. The predicted octanol–water partition coefficient (Wildman–Crippen LogP) is 2.69. The average Bonchev–Trinajstić information content (AvgIpc) is 3.08. The van der Waals surface area contributed by atoms with E-state index < -0.39 is 6.35 Å². The van der Waals surface area contributed by atoms with Crippen molar-refractivity contribution < 1.29 is 5.11 Å². The Morgan fingerprint density at radius 1 is 0.964 bits per heavy atom. The van der Waals surface area contributed by atoms with E-state index >= 15 is 0 Å². The highest BCUT2D eigenvalue weighted by Crippen LogP contribution is 2.29. The zero-order chi connectivity index (χ0) is 19.5. The van der Waals surface area contributed by atoms with Crippen LogP contribution in [0.4, 0.5) is 0 Å². The van der Waals surface area contributed by atoms with E-state index in [0.29, 0.717) is 12.0 Å². The Bertz CT molecular complexity index is 768. The highest BCUT2D eigenvalue weighted by molar-refractivity contribution is 5.32. The minimum atomic E-state index is -0.663. The van der Waals surface area contributed by atoms with Crippen LogP contribution in [0.25, 0.3) is 0 Å². The quantitative estimate of drug-likeness (QED) is 0.648. The number of rotatable bonds is 7. The third-order valence-corrected chi connectivity index (χ3v) is 6.43. The van der Waals surface area contributed by atoms with Crippen LogP contribution in [0.2, 0.25) is 0 Å². The van der Waals surface area contributed by atoms with Gasteiger partial charge in [-0.1, -0.05) is 48.5 Å². The van der Waals surface area contributed by atoms with Gasteiger partial charge in [-0.15, -0.1) is 0 Å². The second-order valence-corrected chi connectivity index (χ2v) is 8.70. The van der Waals surface area contributed by atoms with Gasteiger partial charge in [0, 0.05) is 25.2 Å². The maximum atomic E-state index is 10.4. The van der Waals surface area contributed by atoms with Crippen molar-refractivity contribution in [2.75, 3.05) is 13.6 Å². The standard InChI is InChI=1S/C24H33N3O/c1-17(11-18-12-19-7-3-4-8-20(19)13-18)26-24(28)25-15-23-14-21-9-5-6-10-22(21)16-27(23)2/h3-10,17-18,23-26,28H,11-16H2,1-2H3. The number of aliphatic hydroxyl groups excluding tert-OH is 1. The molecule has 3 N–H and O–H groups in total. The van der Waals surface area contributed by atoms with Crippen LogP contribution < -0.4 is 10.6 Å². The summed E-state index contributed by atoms with van der Waals surface area (Å²) in [5, 5.41) is 17.1. The molecule has 0 bridgehead atoms. The first-order valence-corrected chi connectivity index (χ1v) is 10.6. The van der Waals surface area contributed by atoms with Crippen LogP contribution in [0.3, 0.4) is 0 Å². The normalized spacial score (nSPS) is 21.9. The molecule has 1 aliphatic carbocycles. The molecular formula is C24H33N3O. The van der Waals surface area contributed by atoms with Gasteiger partial charge in [0.15, 0.2) is 6.35 Å². The minimum absolute atomic E-state index is 0.284. The topological polar surface area (TPSA) is 47.5 Å². The molecule has 1 heterocycles. The lowest BCUT2D eigenvalue weighted by Crippen LogP contribution is -2.52. The number of likely N-dealkylation sites (N-methyl/N-ethyl adjacent to an activating group) is 1. The minimum Gasteiger partial charge on any atom is -0.365 e. The molecule has 0 saturated heterocycles. The van der Waals surface area contributed by atoms with Gasteiger partial charge in [-0.05, 0) is 67.8 Å². The fourth-order valence-corrected chi connectivity index (χ4v) is 4.91. The number of hydrogen-bond donors (Lipinski definition) is 3. The first kappa shape index (κ1) is 19.6. The van der Waals surface area contributed by atoms with Gasteiger partial charge >= 0.3 is 0 Å². The van der Waals surface area contributed by atoms with Crippen molar-refractivity contribution in [3.8, 4) is 0 Å². The number of benzene rings is 2. The van der Waals surface area contributed by atoms with Crippen LogP contribution in [0.5, 0.6) is 0 Å². The Balaban J connectivity index is 1.21. The molecule has 0 spiro atoms. The molecule has 2 aliphatic rings. The van der Waals surface area contributed by atoms with Crippen LogP contribution in [0, 0.1) is 5.92 Å². The van der Waals surface area contributed by atoms with Crippen molar-refractivity contribution in [2.45, 2.75) is 57.6 Å². The Labute approximate surface area is 169 Å². The molecule has 28 heavy (non-hydrogen) atoms. The summed E-state index contributed by atoms with van der Waals surface area (Å²) in [5.74, 6) is 0.674. The molecule has 4 rings (SSSR count). The fraction of sp³-hybridized carbons (Fsp3) is 0.500. The third kappa shape index (κ3) is 4.64. The number of nitrogens with one attached hydrogen (secondary N) is 2. The van der Waals surface area contributed by atoms with Gasteiger partial charge in [-0.3, -0.25) is 15.5 Å². The highest BCUT2D eigenvalue weighted by atomic mass is 16.3. The van der Waals surface area contributed by atoms with E-state index in [0.717, 1.165) is 38.8 Å². The summed E-state index contributed by atoms with van der Waals surface area (Å²) in [5.41, 5.74) is 5.85. The smallest absolute Gasteiger partial charge is 0.160 e. The molecule has 0 fully saturated rings. The average molecular weight is 380 g/mol. The molecule has 3 unspecified atom stereocenters. The number of nitrogens with zero attached hydrogens (tertiary/aromatic N) is 1.